The molecule has 19 nitrogen and oxygen atoms in total. The third kappa shape index (κ3) is 20.2. The van der Waals surface area contributed by atoms with Gasteiger partial charge in [-0.1, -0.05) is 0 Å². The van der Waals surface area contributed by atoms with Gasteiger partial charge in [-0.05, 0) is 0 Å². The Morgan fingerprint density at radius 1 is 0.615 bits per heavy atom. The Balaban J connectivity index is 5.05. The number of ether oxygens (including phenoxy) is 8. The van der Waals surface area contributed by atoms with Crippen LogP contribution in [0.4, 0.5) is 9.59 Å². The Kier molecular flexibility index (Phi) is 17.8. The molecule has 0 spiro atoms. The van der Waals surface area contributed by atoms with E-state index in [0.717, 1.165) is 27.7 Å². The van der Waals surface area contributed by atoms with Crippen LogP contribution in [-0.2, 0) is 75.3 Å². The van der Waals surface area contributed by atoms with E-state index in [1.807, 2.05) is 0 Å². The van der Waals surface area contributed by atoms with Gasteiger partial charge in [-0.3, -0.25) is 28.2 Å². The Bertz CT molecular complexity index is 878. The third-order valence-corrected chi connectivity index (χ3v) is 4.79. The van der Waals surface area contributed by atoms with Gasteiger partial charge in [0, 0.05) is 34.1 Å². The van der Waals surface area contributed by atoms with Gasteiger partial charge in [-0.15, -0.1) is 0 Å². The van der Waals surface area contributed by atoms with Crippen LogP contribution in [-0.4, -0.2) is 88.4 Å². The van der Waals surface area contributed by atoms with Crippen LogP contribution in [0, 0.1) is 0 Å². The SMILES string of the molecule is CC(=O)OCOC(=O)OCC(COP(=O)(ON)OCC[C@@H](COC(C)=O)OC(C)=O)OC(=O)OCOC(C)=O. The number of rotatable bonds is 18. The van der Waals surface area contributed by atoms with Gasteiger partial charge in [0.1, 0.15) is 19.3 Å². The molecule has 224 valence electrons. The van der Waals surface area contributed by atoms with Crippen LogP contribution < -0.4 is 5.90 Å². The number of phosphoric ester groups is 1. The first-order valence-electron chi connectivity index (χ1n) is 10.7. The van der Waals surface area contributed by atoms with Crippen LogP contribution in [0.25, 0.3) is 0 Å². The van der Waals surface area contributed by atoms with E-state index >= 15 is 0 Å². The van der Waals surface area contributed by atoms with Crippen LogP contribution in [0.15, 0.2) is 0 Å². The van der Waals surface area contributed by atoms with Crippen molar-refractivity contribution in [1.82, 2.24) is 0 Å². The smallest absolute Gasteiger partial charge is 0.462 e. The highest BCUT2D eigenvalue weighted by Crippen LogP contribution is 2.47. The number of esters is 4. The van der Waals surface area contributed by atoms with Crippen molar-refractivity contribution in [3.63, 3.8) is 0 Å². The molecule has 0 heterocycles. The molecule has 0 aliphatic carbocycles. The van der Waals surface area contributed by atoms with Crippen molar-refractivity contribution >= 4 is 44.0 Å². The molecular formula is C19H30NO18P. The topological polar surface area (TPSA) is 247 Å². The van der Waals surface area contributed by atoms with E-state index in [-0.39, 0.29) is 13.0 Å². The predicted molar refractivity (Wildman–Crippen MR) is 119 cm³/mol. The number of carbonyl (C=O) groups is 6. The van der Waals surface area contributed by atoms with Crippen molar-refractivity contribution in [2.45, 2.75) is 46.3 Å². The molecule has 3 atom stereocenters. The van der Waals surface area contributed by atoms with Crippen molar-refractivity contribution in [2.24, 2.45) is 5.90 Å². The Labute approximate surface area is 221 Å². The van der Waals surface area contributed by atoms with E-state index in [1.54, 1.807) is 0 Å². The Morgan fingerprint density at radius 2 is 1.15 bits per heavy atom. The van der Waals surface area contributed by atoms with Crippen LogP contribution in [0.5, 0.6) is 0 Å². The second kappa shape index (κ2) is 19.5. The number of nitrogens with two attached hydrogens (primary N) is 1. The molecule has 0 fully saturated rings. The Morgan fingerprint density at radius 3 is 1.67 bits per heavy atom. The van der Waals surface area contributed by atoms with E-state index < -0.39 is 89.6 Å². The average Bonchev–Trinajstić information content (AvgIpc) is 2.83. The number of phosphoric acid groups is 1. The number of hydrogen-bond acceptors (Lipinski definition) is 19. The van der Waals surface area contributed by atoms with E-state index in [1.165, 1.54) is 0 Å². The van der Waals surface area contributed by atoms with Gasteiger partial charge in [0.05, 0.1) is 13.2 Å². The summed E-state index contributed by atoms with van der Waals surface area (Å²) >= 11 is 0. The van der Waals surface area contributed by atoms with Gasteiger partial charge in [0.2, 0.25) is 13.6 Å². The molecule has 39 heavy (non-hydrogen) atoms. The summed E-state index contributed by atoms with van der Waals surface area (Å²) in [6, 6.07) is 0. The average molecular weight is 591 g/mol. The van der Waals surface area contributed by atoms with Gasteiger partial charge in [-0.25, -0.2) is 24.7 Å². The van der Waals surface area contributed by atoms with Crippen LogP contribution in [0.1, 0.15) is 34.1 Å². The maximum absolute atomic E-state index is 12.6. The molecule has 0 aliphatic rings. The lowest BCUT2D eigenvalue weighted by molar-refractivity contribution is -0.157. The predicted octanol–water partition coefficient (Wildman–Crippen LogP) is 0.619. The van der Waals surface area contributed by atoms with Gasteiger partial charge in [0.25, 0.3) is 0 Å². The summed E-state index contributed by atoms with van der Waals surface area (Å²) < 4.78 is 63.8. The highest BCUT2D eigenvalue weighted by molar-refractivity contribution is 7.48. The first-order valence-corrected chi connectivity index (χ1v) is 12.2. The van der Waals surface area contributed by atoms with E-state index in [4.69, 9.17) is 29.2 Å². The molecule has 0 saturated carbocycles. The maximum Gasteiger partial charge on any atom is 0.511 e. The fourth-order valence-corrected chi connectivity index (χ4v) is 2.87. The lowest BCUT2D eigenvalue weighted by Crippen LogP contribution is -2.31. The van der Waals surface area contributed by atoms with Crippen molar-refractivity contribution < 1.29 is 84.9 Å². The minimum atomic E-state index is -4.54. The molecule has 0 amide bonds. The zero-order valence-electron chi connectivity index (χ0n) is 21.5. The molecule has 0 aliphatic heterocycles. The van der Waals surface area contributed by atoms with Gasteiger partial charge < -0.3 is 37.9 Å². The molecule has 20 heteroatoms. The van der Waals surface area contributed by atoms with Crippen LogP contribution in [0.2, 0.25) is 0 Å². The first-order chi connectivity index (χ1) is 18.3. The molecule has 0 radical (unpaired) electrons. The van der Waals surface area contributed by atoms with Gasteiger partial charge in [-0.2, -0.15) is 0 Å². The van der Waals surface area contributed by atoms with Crippen LogP contribution in [0.3, 0.4) is 0 Å². The number of carbonyl (C=O) groups excluding carboxylic acids is 6. The minimum absolute atomic E-state index is 0.136. The molecule has 0 aromatic rings. The molecule has 2 unspecified atom stereocenters. The standard InChI is InChI=1S/C19H30NO18P/c1-12(21)28-7-16(36-15(4)24)5-6-34-39(27,38-20)35-9-17(37-19(26)33-11-31-14(3)23)8-29-18(25)32-10-30-13(2)22/h16-17H,5-11,20H2,1-4H3/t16-,17?,39?/m0/s1. The minimum Gasteiger partial charge on any atom is -0.462 e. The second-order valence-electron chi connectivity index (χ2n) is 6.85. The third-order valence-electron chi connectivity index (χ3n) is 3.57. The van der Waals surface area contributed by atoms with Crippen molar-refractivity contribution in [3.8, 4) is 0 Å². The fraction of sp³-hybridized carbons (Fsp3) is 0.684. The highest BCUT2D eigenvalue weighted by atomic mass is 31.2. The fourth-order valence-electron chi connectivity index (χ4n) is 2.00. The van der Waals surface area contributed by atoms with Crippen molar-refractivity contribution in [2.75, 3.05) is 40.0 Å². The highest BCUT2D eigenvalue weighted by Gasteiger charge is 2.30. The first kappa shape index (κ1) is 35.5. The summed E-state index contributed by atoms with van der Waals surface area (Å²) in [5.41, 5.74) is 0. The molecular weight excluding hydrogens is 561 g/mol. The Hall–Kier alpha value is -3.51. The van der Waals surface area contributed by atoms with E-state index in [0.29, 0.717) is 0 Å². The van der Waals surface area contributed by atoms with E-state index in [9.17, 15) is 33.3 Å². The van der Waals surface area contributed by atoms with Crippen LogP contribution >= 0.6 is 7.82 Å². The molecule has 0 bridgehead atoms. The second-order valence-corrected chi connectivity index (χ2v) is 8.47. The zero-order chi connectivity index (χ0) is 29.8. The molecule has 0 aromatic carbocycles. The molecule has 0 saturated heterocycles. The summed E-state index contributed by atoms with van der Waals surface area (Å²) in [5, 5.41) is 0. The summed E-state index contributed by atoms with van der Waals surface area (Å²) in [4.78, 5) is 67.0. The lowest BCUT2D eigenvalue weighted by atomic mass is 10.3. The van der Waals surface area contributed by atoms with Crippen molar-refractivity contribution in [3.05, 3.63) is 0 Å². The largest absolute Gasteiger partial charge is 0.511 e. The summed E-state index contributed by atoms with van der Waals surface area (Å²) in [6.07, 6.45) is -5.41. The van der Waals surface area contributed by atoms with Crippen molar-refractivity contribution in [1.29, 1.82) is 0 Å². The quantitative estimate of drug-likeness (QED) is 0.0754. The van der Waals surface area contributed by atoms with Gasteiger partial charge >= 0.3 is 44.0 Å². The maximum atomic E-state index is 12.6. The van der Waals surface area contributed by atoms with E-state index in [2.05, 4.69) is 28.3 Å². The lowest BCUT2D eigenvalue weighted by Gasteiger charge is -2.21. The van der Waals surface area contributed by atoms with Gasteiger partial charge in [0.15, 0.2) is 6.10 Å². The summed E-state index contributed by atoms with van der Waals surface area (Å²) in [7, 11) is -4.54. The molecule has 0 rings (SSSR count). The normalized spacial score (nSPS) is 13.5. The monoisotopic (exact) mass is 591 g/mol. The summed E-state index contributed by atoms with van der Waals surface area (Å²) in [5.74, 6) is 2.17. The molecule has 0 aromatic heterocycles. The molecule has 2 N–H and O–H groups in total. The zero-order valence-corrected chi connectivity index (χ0v) is 22.4. The number of hydrogen-bond donors (Lipinski definition) is 1. The summed E-state index contributed by atoms with van der Waals surface area (Å²) in [6.45, 7) is 0.436.